The van der Waals surface area contributed by atoms with Crippen LogP contribution in [-0.4, -0.2) is 46.7 Å². The van der Waals surface area contributed by atoms with Crippen molar-refractivity contribution in [1.82, 2.24) is 15.3 Å². The van der Waals surface area contributed by atoms with Gasteiger partial charge in [0.25, 0.3) is 5.91 Å². The van der Waals surface area contributed by atoms with E-state index in [4.69, 9.17) is 10.6 Å². The van der Waals surface area contributed by atoms with Gasteiger partial charge in [0.15, 0.2) is 0 Å². The van der Waals surface area contributed by atoms with E-state index in [1.54, 1.807) is 68.4 Å². The van der Waals surface area contributed by atoms with Crippen LogP contribution in [0, 0.1) is 0 Å². The van der Waals surface area contributed by atoms with Crippen molar-refractivity contribution in [3.05, 3.63) is 71.3 Å². The molecule has 2 aromatic rings. The summed E-state index contributed by atoms with van der Waals surface area (Å²) in [4.78, 5) is 51.9. The van der Waals surface area contributed by atoms with Gasteiger partial charge >= 0.3 is 12.0 Å². The Hall–Kier alpha value is -4.21. The fraction of sp³-hybridized carbons (Fsp3) is 0.292. The van der Waals surface area contributed by atoms with E-state index in [0.29, 0.717) is 16.7 Å². The molecule has 1 aliphatic rings. The van der Waals surface area contributed by atoms with E-state index in [-0.39, 0.29) is 13.0 Å². The first-order chi connectivity index (χ1) is 16.2. The Kier molecular flexibility index (Phi) is 7.30. The molecule has 0 bridgehead atoms. The van der Waals surface area contributed by atoms with E-state index in [1.807, 2.05) is 0 Å². The molecule has 1 fully saturated rings. The molecule has 0 radical (unpaired) electrons. The number of hydrogen-bond donors (Lipinski definition) is 2. The fourth-order valence-electron chi connectivity index (χ4n) is 3.90. The number of amides is 4. The second-order valence-electron chi connectivity index (χ2n) is 7.87. The molecule has 0 saturated carbocycles. The summed E-state index contributed by atoms with van der Waals surface area (Å²) in [6, 6.07) is 13.7. The van der Waals surface area contributed by atoms with Gasteiger partial charge in [0, 0.05) is 6.92 Å². The second-order valence-corrected chi connectivity index (χ2v) is 7.87. The Bertz CT molecular complexity index is 1100. The standard InChI is InChI=1S/C24H27N5O5/c1-4-34-21(31)14-20(18-8-6-5-7-9-18)28(16(2)30)29-22(32)24(3,27-23(29)33)19-12-10-17(11-13-19)15-26-25/h5-13,15,20H,4,14,25H2,1-3H3,(H,27,33)/t20-,24-/m0/s1. The lowest BCUT2D eigenvalue weighted by Gasteiger charge is -2.36. The number of hydrogen-bond acceptors (Lipinski definition) is 7. The SMILES string of the molecule is CCOC(=O)C[C@@H](c1ccccc1)N(C(C)=O)N1C(=O)N[C@@](C)(c2ccc(C=NN)cc2)C1=O. The highest BCUT2D eigenvalue weighted by atomic mass is 16.5. The molecule has 178 valence electrons. The quantitative estimate of drug-likeness (QED) is 0.202. The smallest absolute Gasteiger partial charge is 0.344 e. The Morgan fingerprint density at radius 3 is 2.38 bits per heavy atom. The molecule has 2 atom stereocenters. The number of nitrogens with zero attached hydrogens (tertiary/aromatic N) is 3. The molecule has 10 heteroatoms. The van der Waals surface area contributed by atoms with Crippen molar-refractivity contribution in [2.45, 2.75) is 38.8 Å². The summed E-state index contributed by atoms with van der Waals surface area (Å²) >= 11 is 0. The van der Waals surface area contributed by atoms with Gasteiger partial charge in [-0.1, -0.05) is 54.6 Å². The van der Waals surface area contributed by atoms with E-state index < -0.39 is 35.4 Å². The Morgan fingerprint density at radius 2 is 1.82 bits per heavy atom. The molecule has 0 spiro atoms. The van der Waals surface area contributed by atoms with E-state index in [2.05, 4.69) is 10.4 Å². The maximum atomic E-state index is 13.6. The van der Waals surface area contributed by atoms with Crippen molar-refractivity contribution in [1.29, 1.82) is 0 Å². The Morgan fingerprint density at radius 1 is 1.18 bits per heavy atom. The third-order valence-corrected chi connectivity index (χ3v) is 5.56. The van der Waals surface area contributed by atoms with Gasteiger partial charge in [-0.25, -0.2) is 9.80 Å². The molecule has 34 heavy (non-hydrogen) atoms. The third-order valence-electron chi connectivity index (χ3n) is 5.56. The first-order valence-corrected chi connectivity index (χ1v) is 10.7. The third kappa shape index (κ3) is 4.75. The number of nitrogens with one attached hydrogen (secondary N) is 1. The first kappa shape index (κ1) is 24.4. The summed E-state index contributed by atoms with van der Waals surface area (Å²) in [7, 11) is 0. The van der Waals surface area contributed by atoms with Gasteiger partial charge in [0.2, 0.25) is 5.91 Å². The molecule has 1 saturated heterocycles. The summed E-state index contributed by atoms with van der Waals surface area (Å²) in [5.74, 6) is 3.38. The van der Waals surface area contributed by atoms with Crippen LogP contribution in [0.4, 0.5) is 4.79 Å². The van der Waals surface area contributed by atoms with Crippen LogP contribution in [0.25, 0.3) is 0 Å². The maximum absolute atomic E-state index is 13.6. The van der Waals surface area contributed by atoms with E-state index >= 15 is 0 Å². The number of carbonyl (C=O) groups is 4. The predicted molar refractivity (Wildman–Crippen MR) is 124 cm³/mol. The number of rotatable bonds is 8. The van der Waals surface area contributed by atoms with Crippen molar-refractivity contribution in [3.63, 3.8) is 0 Å². The average Bonchev–Trinajstić information content (AvgIpc) is 3.04. The van der Waals surface area contributed by atoms with Crippen LogP contribution in [0.3, 0.4) is 0 Å². The monoisotopic (exact) mass is 465 g/mol. The molecule has 1 aliphatic heterocycles. The summed E-state index contributed by atoms with van der Waals surface area (Å²) in [6.07, 6.45) is 1.21. The van der Waals surface area contributed by atoms with E-state index in [9.17, 15) is 19.2 Å². The highest BCUT2D eigenvalue weighted by Crippen LogP contribution is 2.34. The predicted octanol–water partition coefficient (Wildman–Crippen LogP) is 2.20. The largest absolute Gasteiger partial charge is 0.466 e. The van der Waals surface area contributed by atoms with Crippen molar-refractivity contribution < 1.29 is 23.9 Å². The molecule has 0 aromatic heterocycles. The van der Waals surface area contributed by atoms with Crippen LogP contribution in [0.5, 0.6) is 0 Å². The van der Waals surface area contributed by atoms with Crippen molar-refractivity contribution in [2.24, 2.45) is 10.9 Å². The normalized spacial score (nSPS) is 18.6. The molecule has 3 rings (SSSR count). The topological polar surface area (TPSA) is 134 Å². The van der Waals surface area contributed by atoms with E-state index in [0.717, 1.165) is 10.0 Å². The zero-order valence-corrected chi connectivity index (χ0v) is 19.2. The maximum Gasteiger partial charge on any atom is 0.344 e. The van der Waals surface area contributed by atoms with Crippen LogP contribution < -0.4 is 11.2 Å². The number of hydrazone groups is 1. The van der Waals surface area contributed by atoms with Crippen LogP contribution in [0.15, 0.2) is 59.7 Å². The van der Waals surface area contributed by atoms with Gasteiger partial charge < -0.3 is 15.9 Å². The number of hydrazine groups is 1. The van der Waals surface area contributed by atoms with Crippen LogP contribution in [0.1, 0.15) is 49.9 Å². The number of imide groups is 1. The number of esters is 1. The van der Waals surface area contributed by atoms with Crippen molar-refractivity contribution in [2.75, 3.05) is 6.61 Å². The molecule has 4 amide bonds. The molecule has 3 N–H and O–H groups in total. The molecular formula is C24H27N5O5. The lowest BCUT2D eigenvalue weighted by atomic mass is 9.91. The Labute approximate surface area is 197 Å². The van der Waals surface area contributed by atoms with Crippen LogP contribution in [0.2, 0.25) is 0 Å². The number of nitrogens with two attached hydrogens (primary N) is 1. The molecule has 10 nitrogen and oxygen atoms in total. The lowest BCUT2D eigenvalue weighted by molar-refractivity contribution is -0.163. The lowest BCUT2D eigenvalue weighted by Crippen LogP contribution is -2.52. The summed E-state index contributed by atoms with van der Waals surface area (Å²) in [6.45, 7) is 4.62. The summed E-state index contributed by atoms with van der Waals surface area (Å²) in [5, 5.41) is 7.94. The molecule has 0 unspecified atom stereocenters. The zero-order valence-electron chi connectivity index (χ0n) is 19.2. The summed E-state index contributed by atoms with van der Waals surface area (Å²) < 4.78 is 5.08. The molecule has 1 heterocycles. The number of benzene rings is 2. The van der Waals surface area contributed by atoms with Crippen LogP contribution in [-0.2, 0) is 24.7 Å². The van der Waals surface area contributed by atoms with Crippen molar-refractivity contribution >= 4 is 30.0 Å². The number of carbonyl (C=O) groups excluding carboxylic acids is 4. The Balaban J connectivity index is 2.02. The van der Waals surface area contributed by atoms with Gasteiger partial charge in [0.1, 0.15) is 5.54 Å². The van der Waals surface area contributed by atoms with Gasteiger partial charge in [0.05, 0.1) is 25.3 Å². The van der Waals surface area contributed by atoms with Crippen LogP contribution >= 0.6 is 0 Å². The van der Waals surface area contributed by atoms with E-state index in [1.165, 1.54) is 13.1 Å². The average molecular weight is 466 g/mol. The summed E-state index contributed by atoms with van der Waals surface area (Å²) in [5.41, 5.74) is 0.361. The minimum atomic E-state index is -1.44. The highest BCUT2D eigenvalue weighted by Gasteiger charge is 2.53. The van der Waals surface area contributed by atoms with Gasteiger partial charge in [-0.2, -0.15) is 10.1 Å². The van der Waals surface area contributed by atoms with Crippen molar-refractivity contribution in [3.8, 4) is 0 Å². The minimum absolute atomic E-state index is 0.159. The molecular weight excluding hydrogens is 438 g/mol. The van der Waals surface area contributed by atoms with Gasteiger partial charge in [-0.05, 0) is 30.5 Å². The number of urea groups is 1. The van der Waals surface area contributed by atoms with Gasteiger partial charge in [-0.3, -0.25) is 14.4 Å². The molecule has 2 aromatic carbocycles. The number of ether oxygens (including phenoxy) is 1. The second kappa shape index (κ2) is 10.2. The molecule has 0 aliphatic carbocycles. The minimum Gasteiger partial charge on any atom is -0.466 e. The first-order valence-electron chi connectivity index (χ1n) is 10.7. The van der Waals surface area contributed by atoms with Gasteiger partial charge in [-0.15, -0.1) is 0 Å². The fourth-order valence-corrected chi connectivity index (χ4v) is 3.90. The highest BCUT2D eigenvalue weighted by molar-refractivity contribution is 6.08. The zero-order chi connectivity index (χ0) is 24.9.